The first-order chi connectivity index (χ1) is 9.66. The van der Waals surface area contributed by atoms with Gasteiger partial charge in [0, 0.05) is 11.9 Å². The Bertz CT molecular complexity index is 800. The van der Waals surface area contributed by atoms with Gasteiger partial charge < -0.3 is 10.8 Å². The third-order valence-electron chi connectivity index (χ3n) is 2.75. The maximum absolute atomic E-state index is 11.3. The summed E-state index contributed by atoms with van der Waals surface area (Å²) in [4.78, 5) is 11.7. The van der Waals surface area contributed by atoms with Crippen molar-refractivity contribution < 1.29 is 9.90 Å². The summed E-state index contributed by atoms with van der Waals surface area (Å²) in [5, 5.41) is 17.9. The van der Waals surface area contributed by atoms with Gasteiger partial charge in [-0.3, -0.25) is 4.40 Å². The van der Waals surface area contributed by atoms with Gasteiger partial charge in [0.25, 0.3) is 0 Å². The molecule has 3 rings (SSSR count). The third-order valence-corrected chi connectivity index (χ3v) is 3.87. The fourth-order valence-electron chi connectivity index (χ4n) is 1.82. The average Bonchev–Trinajstić information content (AvgIpc) is 2.84. The van der Waals surface area contributed by atoms with Crippen molar-refractivity contribution in [1.29, 1.82) is 0 Å². The van der Waals surface area contributed by atoms with Crippen LogP contribution in [-0.4, -0.2) is 25.7 Å². The number of hydrogen-bond acceptors (Lipinski definition) is 5. The van der Waals surface area contributed by atoms with Crippen molar-refractivity contribution in [1.82, 2.24) is 14.6 Å². The van der Waals surface area contributed by atoms with Gasteiger partial charge in [0.15, 0.2) is 5.65 Å². The van der Waals surface area contributed by atoms with Gasteiger partial charge in [0.05, 0.1) is 10.5 Å². The highest BCUT2D eigenvalue weighted by atomic mass is 32.2. The highest BCUT2D eigenvalue weighted by Gasteiger charge is 2.16. The zero-order chi connectivity index (χ0) is 14.1. The molecular formula is C13H10N4O2S. The smallest absolute Gasteiger partial charge is 0.336 e. The van der Waals surface area contributed by atoms with E-state index in [1.165, 1.54) is 17.8 Å². The van der Waals surface area contributed by atoms with Gasteiger partial charge in [0.1, 0.15) is 0 Å². The topological polar surface area (TPSA) is 93.5 Å². The van der Waals surface area contributed by atoms with Gasteiger partial charge in [-0.15, -0.1) is 10.2 Å². The molecule has 1 aromatic carbocycles. The number of aromatic carboxylic acids is 1. The second-order valence-corrected chi connectivity index (χ2v) is 5.02. The molecule has 3 N–H and O–H groups in total. The molecule has 2 aromatic heterocycles. The molecule has 6 nitrogen and oxygen atoms in total. The van der Waals surface area contributed by atoms with Gasteiger partial charge in [-0.25, -0.2) is 4.79 Å². The SMILES string of the molecule is Nc1cccc(C(=O)O)c1Sc1nnc2ccccn12. The largest absolute Gasteiger partial charge is 0.478 e. The quantitative estimate of drug-likeness (QED) is 0.717. The number of carbonyl (C=O) groups is 1. The lowest BCUT2D eigenvalue weighted by atomic mass is 10.2. The van der Waals surface area contributed by atoms with Crippen molar-refractivity contribution in [2.24, 2.45) is 0 Å². The average molecular weight is 286 g/mol. The third kappa shape index (κ3) is 2.08. The minimum Gasteiger partial charge on any atom is -0.478 e. The van der Waals surface area contributed by atoms with Crippen LogP contribution >= 0.6 is 11.8 Å². The molecule has 0 bridgehead atoms. The number of aromatic nitrogens is 3. The monoisotopic (exact) mass is 286 g/mol. The summed E-state index contributed by atoms with van der Waals surface area (Å²) in [7, 11) is 0. The van der Waals surface area contributed by atoms with Crippen LogP contribution in [0.2, 0.25) is 0 Å². The Morgan fingerprint density at radius 2 is 2.05 bits per heavy atom. The summed E-state index contributed by atoms with van der Waals surface area (Å²) >= 11 is 1.19. The number of hydrogen-bond donors (Lipinski definition) is 2. The van der Waals surface area contributed by atoms with Crippen molar-refractivity contribution in [3.63, 3.8) is 0 Å². The second-order valence-electron chi connectivity index (χ2n) is 4.04. The van der Waals surface area contributed by atoms with Crippen LogP contribution in [0.1, 0.15) is 10.4 Å². The van der Waals surface area contributed by atoms with Crippen LogP contribution in [-0.2, 0) is 0 Å². The summed E-state index contributed by atoms with van der Waals surface area (Å²) < 4.78 is 1.78. The number of nitrogens with two attached hydrogens (primary N) is 1. The lowest BCUT2D eigenvalue weighted by Gasteiger charge is -2.07. The number of carboxylic acid groups (broad SMARTS) is 1. The molecule has 0 saturated carbocycles. The summed E-state index contributed by atoms with van der Waals surface area (Å²) in [6.45, 7) is 0. The summed E-state index contributed by atoms with van der Waals surface area (Å²) in [5.74, 6) is -1.02. The van der Waals surface area contributed by atoms with E-state index < -0.39 is 5.97 Å². The molecule has 0 spiro atoms. The molecule has 0 amide bonds. The zero-order valence-electron chi connectivity index (χ0n) is 10.2. The highest BCUT2D eigenvalue weighted by molar-refractivity contribution is 7.99. The lowest BCUT2D eigenvalue weighted by molar-refractivity contribution is 0.0693. The highest BCUT2D eigenvalue weighted by Crippen LogP contribution is 2.34. The minimum absolute atomic E-state index is 0.155. The fraction of sp³-hybridized carbons (Fsp3) is 0. The Hall–Kier alpha value is -2.54. The van der Waals surface area contributed by atoms with Crippen LogP contribution in [0, 0.1) is 0 Å². The first-order valence-corrected chi connectivity index (χ1v) is 6.58. The molecule has 0 saturated heterocycles. The van der Waals surface area contributed by atoms with Gasteiger partial charge in [0.2, 0.25) is 5.16 Å². The summed E-state index contributed by atoms with van der Waals surface area (Å²) in [6.07, 6.45) is 1.82. The number of pyridine rings is 1. The molecule has 0 fully saturated rings. The number of benzene rings is 1. The van der Waals surface area contributed by atoms with Crippen LogP contribution in [0.5, 0.6) is 0 Å². The van der Waals surface area contributed by atoms with E-state index in [1.54, 1.807) is 16.5 Å². The molecule has 7 heteroatoms. The molecule has 2 heterocycles. The fourth-order valence-corrected chi connectivity index (χ4v) is 2.79. The predicted molar refractivity (Wildman–Crippen MR) is 74.9 cm³/mol. The Morgan fingerprint density at radius 3 is 2.85 bits per heavy atom. The minimum atomic E-state index is -1.02. The normalized spacial score (nSPS) is 10.8. The van der Waals surface area contributed by atoms with Crippen molar-refractivity contribution in [3.8, 4) is 0 Å². The Morgan fingerprint density at radius 1 is 1.20 bits per heavy atom. The van der Waals surface area contributed by atoms with E-state index in [1.807, 2.05) is 24.4 Å². The van der Waals surface area contributed by atoms with E-state index in [2.05, 4.69) is 10.2 Å². The molecule has 0 atom stereocenters. The number of rotatable bonds is 3. The summed E-state index contributed by atoms with van der Waals surface area (Å²) in [5.41, 5.74) is 7.13. The number of anilines is 1. The number of fused-ring (bicyclic) bond motifs is 1. The van der Waals surface area contributed by atoms with Crippen LogP contribution in [0.4, 0.5) is 5.69 Å². The number of nitrogens with zero attached hydrogens (tertiary/aromatic N) is 3. The van der Waals surface area contributed by atoms with E-state index in [0.717, 1.165) is 0 Å². The van der Waals surface area contributed by atoms with Gasteiger partial charge in [-0.1, -0.05) is 12.1 Å². The van der Waals surface area contributed by atoms with E-state index in [4.69, 9.17) is 5.73 Å². The van der Waals surface area contributed by atoms with Gasteiger partial charge >= 0.3 is 5.97 Å². The lowest BCUT2D eigenvalue weighted by Crippen LogP contribution is -2.02. The maximum Gasteiger partial charge on any atom is 0.336 e. The molecule has 3 aromatic rings. The van der Waals surface area contributed by atoms with Crippen LogP contribution in [0.3, 0.4) is 0 Å². The maximum atomic E-state index is 11.3. The van der Waals surface area contributed by atoms with Crippen molar-refractivity contribution in [3.05, 3.63) is 48.2 Å². The molecular weight excluding hydrogens is 276 g/mol. The summed E-state index contributed by atoms with van der Waals surface area (Å²) in [6, 6.07) is 10.3. The molecule has 0 aliphatic heterocycles. The Kier molecular flexibility index (Phi) is 3.03. The molecule has 0 aliphatic rings. The molecule has 0 unspecified atom stereocenters. The van der Waals surface area contributed by atoms with Gasteiger partial charge in [-0.05, 0) is 36.0 Å². The van der Waals surface area contributed by atoms with Crippen LogP contribution in [0.15, 0.2) is 52.6 Å². The van der Waals surface area contributed by atoms with Crippen LogP contribution < -0.4 is 5.73 Å². The first-order valence-electron chi connectivity index (χ1n) is 5.76. The van der Waals surface area contributed by atoms with E-state index in [0.29, 0.717) is 21.4 Å². The predicted octanol–water partition coefficient (Wildman–Crippen LogP) is 2.16. The van der Waals surface area contributed by atoms with Crippen molar-refractivity contribution in [2.75, 3.05) is 5.73 Å². The van der Waals surface area contributed by atoms with Crippen LogP contribution in [0.25, 0.3) is 5.65 Å². The Balaban J connectivity index is 2.10. The van der Waals surface area contributed by atoms with E-state index >= 15 is 0 Å². The van der Waals surface area contributed by atoms with Crippen molar-refractivity contribution in [2.45, 2.75) is 10.1 Å². The van der Waals surface area contributed by atoms with E-state index in [9.17, 15) is 9.90 Å². The standard InChI is InChI=1S/C13H10N4O2S/c14-9-5-3-4-8(12(18)19)11(9)20-13-16-15-10-6-1-2-7-17(10)13/h1-7H,14H2,(H,18,19). The molecule has 20 heavy (non-hydrogen) atoms. The van der Waals surface area contributed by atoms with Crippen molar-refractivity contribution >= 4 is 29.1 Å². The molecule has 0 radical (unpaired) electrons. The van der Waals surface area contributed by atoms with Gasteiger partial charge in [-0.2, -0.15) is 0 Å². The number of nitrogen functional groups attached to an aromatic ring is 1. The Labute approximate surface area is 118 Å². The zero-order valence-corrected chi connectivity index (χ0v) is 11.0. The van der Waals surface area contributed by atoms with E-state index in [-0.39, 0.29) is 5.56 Å². The number of carboxylic acids is 1. The first kappa shape index (κ1) is 12.5. The molecule has 0 aliphatic carbocycles. The second kappa shape index (κ2) is 4.86. The molecule has 100 valence electrons.